The van der Waals surface area contributed by atoms with E-state index in [4.69, 9.17) is 0 Å². The van der Waals surface area contributed by atoms with Crippen molar-refractivity contribution in [1.29, 1.82) is 0 Å². The first-order valence-electron chi connectivity index (χ1n) is 6.13. The molecule has 1 fully saturated rings. The number of piperidine rings is 1. The van der Waals surface area contributed by atoms with Gasteiger partial charge in [-0.3, -0.25) is 0 Å². The summed E-state index contributed by atoms with van der Waals surface area (Å²) in [6.45, 7) is 1.91. The number of nitrogens with one attached hydrogen (secondary N) is 3. The number of sulfonamides is 1. The van der Waals surface area contributed by atoms with Crippen LogP contribution in [0, 0.1) is 0 Å². The van der Waals surface area contributed by atoms with Gasteiger partial charge in [0.25, 0.3) is 0 Å². The van der Waals surface area contributed by atoms with Gasteiger partial charge in [-0.05, 0) is 38.6 Å². The molecular weight excluding hydrogens is 250 g/mol. The van der Waals surface area contributed by atoms with Gasteiger partial charge in [0.2, 0.25) is 10.0 Å². The number of rotatable bonds is 4. The van der Waals surface area contributed by atoms with E-state index in [1.54, 1.807) is 18.2 Å². The molecule has 0 aromatic heterocycles. The molecule has 0 saturated carbocycles. The van der Waals surface area contributed by atoms with Crippen LogP contribution in [-0.2, 0) is 10.0 Å². The summed E-state index contributed by atoms with van der Waals surface area (Å²) in [6, 6.07) is 7.28. The summed E-state index contributed by atoms with van der Waals surface area (Å²) in [5, 5.41) is 6.61. The molecule has 1 aliphatic heterocycles. The maximum Gasteiger partial charge on any atom is 0.242 e. The Kier molecular flexibility index (Phi) is 4.21. The van der Waals surface area contributed by atoms with Gasteiger partial charge in [0.1, 0.15) is 4.90 Å². The Hall–Kier alpha value is -1.11. The van der Waals surface area contributed by atoms with Crippen LogP contribution in [0.1, 0.15) is 12.8 Å². The summed E-state index contributed by atoms with van der Waals surface area (Å²) in [6.07, 6.45) is 2.17. The van der Waals surface area contributed by atoms with Crippen LogP contribution in [0.5, 0.6) is 0 Å². The third-order valence-corrected chi connectivity index (χ3v) is 4.57. The molecule has 0 amide bonds. The molecule has 18 heavy (non-hydrogen) atoms. The van der Waals surface area contributed by atoms with Crippen molar-refractivity contribution < 1.29 is 8.42 Å². The zero-order valence-corrected chi connectivity index (χ0v) is 11.3. The van der Waals surface area contributed by atoms with Crippen LogP contribution in [0.15, 0.2) is 29.2 Å². The van der Waals surface area contributed by atoms with Crippen LogP contribution >= 0.6 is 0 Å². The van der Waals surface area contributed by atoms with Crippen molar-refractivity contribution in [3.05, 3.63) is 24.3 Å². The molecular formula is C12H19N3O2S. The molecule has 0 radical (unpaired) electrons. The topological polar surface area (TPSA) is 70.2 Å². The van der Waals surface area contributed by atoms with Crippen LogP contribution < -0.4 is 15.4 Å². The number of para-hydroxylation sites is 1. The fraction of sp³-hybridized carbons (Fsp3) is 0.500. The van der Waals surface area contributed by atoms with Gasteiger partial charge in [0.15, 0.2) is 0 Å². The summed E-state index contributed by atoms with van der Waals surface area (Å²) >= 11 is 0. The molecule has 1 aliphatic rings. The van der Waals surface area contributed by atoms with Gasteiger partial charge < -0.3 is 10.6 Å². The van der Waals surface area contributed by atoms with Crippen molar-refractivity contribution in [2.75, 3.05) is 25.5 Å². The van der Waals surface area contributed by atoms with Crippen molar-refractivity contribution in [2.45, 2.75) is 23.8 Å². The first kappa shape index (κ1) is 13.3. The molecule has 1 saturated heterocycles. The minimum Gasteiger partial charge on any atom is -0.380 e. The summed E-state index contributed by atoms with van der Waals surface area (Å²) < 4.78 is 26.1. The first-order valence-corrected chi connectivity index (χ1v) is 7.61. The Morgan fingerprint density at radius 3 is 2.78 bits per heavy atom. The Bertz CT molecular complexity index is 496. The second kappa shape index (κ2) is 5.69. The van der Waals surface area contributed by atoms with Gasteiger partial charge >= 0.3 is 0 Å². The molecule has 1 aromatic carbocycles. The van der Waals surface area contributed by atoms with Crippen LogP contribution in [-0.4, -0.2) is 34.6 Å². The quantitative estimate of drug-likeness (QED) is 0.755. The molecule has 0 spiro atoms. The number of hydrogen-bond donors (Lipinski definition) is 3. The Labute approximate surface area is 108 Å². The number of benzene rings is 1. The zero-order valence-electron chi connectivity index (χ0n) is 10.4. The number of hydrogen-bond acceptors (Lipinski definition) is 4. The lowest BCUT2D eigenvalue weighted by Crippen LogP contribution is -2.38. The Morgan fingerprint density at radius 1 is 1.33 bits per heavy atom. The summed E-state index contributed by atoms with van der Waals surface area (Å²) in [5.74, 6) is 0. The van der Waals surface area contributed by atoms with Crippen molar-refractivity contribution in [1.82, 2.24) is 10.0 Å². The molecule has 1 aromatic rings. The Morgan fingerprint density at radius 2 is 2.11 bits per heavy atom. The van der Waals surface area contributed by atoms with Crippen LogP contribution in [0.2, 0.25) is 0 Å². The predicted octanol–water partition coefficient (Wildman–Crippen LogP) is 0.759. The third-order valence-electron chi connectivity index (χ3n) is 3.10. The SMILES string of the molecule is CNS(=O)(=O)c1ccccc1NC1CCCNC1. The van der Waals surface area contributed by atoms with Crippen molar-refractivity contribution in [3.63, 3.8) is 0 Å². The van der Waals surface area contributed by atoms with Gasteiger partial charge in [0, 0.05) is 12.6 Å². The highest BCUT2D eigenvalue weighted by molar-refractivity contribution is 7.89. The molecule has 1 unspecified atom stereocenters. The molecule has 1 atom stereocenters. The van der Waals surface area contributed by atoms with Crippen molar-refractivity contribution in [3.8, 4) is 0 Å². The maximum absolute atomic E-state index is 11.9. The van der Waals surface area contributed by atoms with E-state index >= 15 is 0 Å². The van der Waals surface area contributed by atoms with E-state index < -0.39 is 10.0 Å². The third kappa shape index (κ3) is 3.01. The normalized spacial score (nSPS) is 20.6. The fourth-order valence-corrected chi connectivity index (χ4v) is 3.02. The predicted molar refractivity (Wildman–Crippen MR) is 72.2 cm³/mol. The lowest BCUT2D eigenvalue weighted by Gasteiger charge is -2.25. The lowest BCUT2D eigenvalue weighted by atomic mass is 10.1. The van der Waals surface area contributed by atoms with E-state index in [1.807, 2.05) is 6.07 Å². The smallest absolute Gasteiger partial charge is 0.242 e. The Balaban J connectivity index is 2.22. The zero-order chi connectivity index (χ0) is 13.0. The van der Waals surface area contributed by atoms with Gasteiger partial charge in [-0.15, -0.1) is 0 Å². The first-order chi connectivity index (χ1) is 8.63. The summed E-state index contributed by atoms with van der Waals surface area (Å²) in [4.78, 5) is 0.304. The molecule has 0 bridgehead atoms. The summed E-state index contributed by atoms with van der Waals surface area (Å²) in [5.41, 5.74) is 0.667. The molecule has 6 heteroatoms. The molecule has 5 nitrogen and oxygen atoms in total. The molecule has 100 valence electrons. The molecule has 3 N–H and O–H groups in total. The fourth-order valence-electron chi connectivity index (χ4n) is 2.13. The lowest BCUT2D eigenvalue weighted by molar-refractivity contribution is 0.479. The second-order valence-electron chi connectivity index (χ2n) is 4.39. The van der Waals surface area contributed by atoms with Gasteiger partial charge in [-0.2, -0.15) is 0 Å². The van der Waals surface area contributed by atoms with E-state index in [1.165, 1.54) is 7.05 Å². The van der Waals surface area contributed by atoms with Crippen molar-refractivity contribution in [2.24, 2.45) is 0 Å². The van der Waals surface area contributed by atoms with Crippen molar-refractivity contribution >= 4 is 15.7 Å². The maximum atomic E-state index is 11.9. The monoisotopic (exact) mass is 269 g/mol. The highest BCUT2D eigenvalue weighted by atomic mass is 32.2. The van der Waals surface area contributed by atoms with E-state index in [0.717, 1.165) is 25.9 Å². The standard InChI is InChI=1S/C12H19N3O2S/c1-13-18(16,17)12-7-3-2-6-11(12)15-10-5-4-8-14-9-10/h2-3,6-7,10,13-15H,4-5,8-9H2,1H3. The van der Waals surface area contributed by atoms with Gasteiger partial charge in [-0.25, -0.2) is 13.1 Å². The largest absolute Gasteiger partial charge is 0.380 e. The average molecular weight is 269 g/mol. The van der Waals surface area contributed by atoms with E-state index in [0.29, 0.717) is 10.6 Å². The molecule has 2 rings (SSSR count). The van der Waals surface area contributed by atoms with Crippen LogP contribution in [0.3, 0.4) is 0 Å². The molecule has 0 aliphatic carbocycles. The minimum absolute atomic E-state index is 0.284. The summed E-state index contributed by atoms with van der Waals surface area (Å²) in [7, 11) is -1.99. The van der Waals surface area contributed by atoms with E-state index in [9.17, 15) is 8.42 Å². The van der Waals surface area contributed by atoms with Gasteiger partial charge in [-0.1, -0.05) is 12.1 Å². The van der Waals surface area contributed by atoms with E-state index in [2.05, 4.69) is 15.4 Å². The van der Waals surface area contributed by atoms with E-state index in [-0.39, 0.29) is 6.04 Å². The van der Waals surface area contributed by atoms with Gasteiger partial charge in [0.05, 0.1) is 5.69 Å². The minimum atomic E-state index is -3.41. The highest BCUT2D eigenvalue weighted by Gasteiger charge is 2.19. The molecule has 1 heterocycles. The average Bonchev–Trinajstić information content (AvgIpc) is 2.40. The second-order valence-corrected chi connectivity index (χ2v) is 6.25. The highest BCUT2D eigenvalue weighted by Crippen LogP contribution is 2.22. The number of anilines is 1. The van der Waals surface area contributed by atoms with Crippen LogP contribution in [0.25, 0.3) is 0 Å². The van der Waals surface area contributed by atoms with Crippen LogP contribution in [0.4, 0.5) is 5.69 Å².